The van der Waals surface area contributed by atoms with Gasteiger partial charge in [0.25, 0.3) is 0 Å². The first-order valence-corrected chi connectivity index (χ1v) is 11.2. The van der Waals surface area contributed by atoms with Crippen molar-refractivity contribution in [3.63, 3.8) is 0 Å². The van der Waals surface area contributed by atoms with Gasteiger partial charge in [-0.05, 0) is 74.2 Å². The zero-order valence-corrected chi connectivity index (χ0v) is 19.2. The normalized spacial score (nSPS) is 11.0. The van der Waals surface area contributed by atoms with Gasteiger partial charge in [-0.25, -0.2) is 0 Å². The monoisotopic (exact) mass is 423 g/mol. The molecule has 3 aromatic rings. The molecule has 2 aromatic carbocycles. The highest BCUT2D eigenvalue weighted by atomic mass is 32.2. The number of hydrogen-bond acceptors (Lipinski definition) is 5. The molecule has 30 heavy (non-hydrogen) atoms. The average Bonchev–Trinajstić information content (AvgIpc) is 3.15. The summed E-state index contributed by atoms with van der Waals surface area (Å²) in [6, 6.07) is 11.9. The Morgan fingerprint density at radius 1 is 1.03 bits per heavy atom. The molecule has 0 saturated heterocycles. The van der Waals surface area contributed by atoms with E-state index in [0.29, 0.717) is 5.75 Å². The Morgan fingerprint density at radius 3 is 2.40 bits per heavy atom. The molecule has 0 aliphatic rings. The van der Waals surface area contributed by atoms with Gasteiger partial charge in [-0.15, -0.1) is 10.2 Å². The molecule has 0 aliphatic carbocycles. The minimum absolute atomic E-state index is 0.122. The number of benzene rings is 2. The number of thioether (sulfide) groups is 1. The third-order valence-corrected chi connectivity index (χ3v) is 6.24. The molecule has 0 bridgehead atoms. The zero-order valence-electron chi connectivity index (χ0n) is 18.4. The van der Waals surface area contributed by atoms with Crippen molar-refractivity contribution in [1.82, 2.24) is 14.8 Å². The maximum atomic E-state index is 12.9. The van der Waals surface area contributed by atoms with E-state index >= 15 is 0 Å². The summed E-state index contributed by atoms with van der Waals surface area (Å²) in [4.78, 5) is 12.9. The standard InChI is InChI=1S/C24H29N3O2S/c1-6-7-12-27-23(19-8-10-20(29-5)11-9-19)25-26-24(27)30-15-22(28)21-14-17(3)16(2)13-18(21)4/h8-11,13-14H,6-7,12,15H2,1-5H3. The summed E-state index contributed by atoms with van der Waals surface area (Å²) in [6.07, 6.45) is 2.10. The van der Waals surface area contributed by atoms with E-state index in [1.165, 1.54) is 17.3 Å². The molecule has 0 atom stereocenters. The summed E-state index contributed by atoms with van der Waals surface area (Å²) in [5, 5.41) is 9.61. The van der Waals surface area contributed by atoms with Crippen molar-refractivity contribution in [2.75, 3.05) is 12.9 Å². The first kappa shape index (κ1) is 22.1. The van der Waals surface area contributed by atoms with Gasteiger partial charge < -0.3 is 9.30 Å². The highest BCUT2D eigenvalue weighted by molar-refractivity contribution is 7.99. The smallest absolute Gasteiger partial charge is 0.191 e. The summed E-state index contributed by atoms with van der Waals surface area (Å²) < 4.78 is 7.37. The van der Waals surface area contributed by atoms with Crippen LogP contribution in [0.15, 0.2) is 41.6 Å². The molecule has 1 aromatic heterocycles. The SMILES string of the molecule is CCCCn1c(SCC(=O)c2cc(C)c(C)cc2C)nnc1-c1ccc(OC)cc1. The highest BCUT2D eigenvalue weighted by Crippen LogP contribution is 2.27. The number of carbonyl (C=O) groups excluding carboxylic acids is 1. The van der Waals surface area contributed by atoms with Gasteiger partial charge in [-0.3, -0.25) is 4.79 Å². The van der Waals surface area contributed by atoms with E-state index in [2.05, 4.69) is 34.7 Å². The second-order valence-corrected chi connectivity index (χ2v) is 8.45. The van der Waals surface area contributed by atoms with E-state index in [-0.39, 0.29) is 5.78 Å². The fourth-order valence-electron chi connectivity index (χ4n) is 3.34. The largest absolute Gasteiger partial charge is 0.497 e. The maximum absolute atomic E-state index is 12.9. The van der Waals surface area contributed by atoms with Crippen molar-refractivity contribution in [1.29, 1.82) is 0 Å². The number of Topliss-reactive ketones (excluding diaryl/α,β-unsaturated/α-hetero) is 1. The van der Waals surface area contributed by atoms with E-state index in [0.717, 1.165) is 58.4 Å². The molecule has 0 unspecified atom stereocenters. The lowest BCUT2D eigenvalue weighted by atomic mass is 9.99. The lowest BCUT2D eigenvalue weighted by molar-refractivity contribution is 0.102. The number of aromatic nitrogens is 3. The Morgan fingerprint density at radius 2 is 1.73 bits per heavy atom. The van der Waals surface area contributed by atoms with Gasteiger partial charge in [0.05, 0.1) is 12.9 Å². The van der Waals surface area contributed by atoms with Crippen LogP contribution in [-0.2, 0) is 6.54 Å². The lowest BCUT2D eigenvalue weighted by Crippen LogP contribution is -2.08. The predicted molar refractivity (Wildman–Crippen MR) is 123 cm³/mol. The minimum atomic E-state index is 0.122. The van der Waals surface area contributed by atoms with Crippen LogP contribution < -0.4 is 4.74 Å². The molecular weight excluding hydrogens is 394 g/mol. The van der Waals surface area contributed by atoms with Crippen molar-refractivity contribution >= 4 is 17.5 Å². The number of ketones is 1. The lowest BCUT2D eigenvalue weighted by Gasteiger charge is -2.11. The number of nitrogens with zero attached hydrogens (tertiary/aromatic N) is 3. The van der Waals surface area contributed by atoms with Gasteiger partial charge in [-0.2, -0.15) is 0 Å². The van der Waals surface area contributed by atoms with Gasteiger partial charge in [0.2, 0.25) is 0 Å². The number of hydrogen-bond donors (Lipinski definition) is 0. The third kappa shape index (κ3) is 4.93. The van der Waals surface area contributed by atoms with E-state index in [4.69, 9.17) is 4.74 Å². The minimum Gasteiger partial charge on any atom is -0.497 e. The van der Waals surface area contributed by atoms with Crippen molar-refractivity contribution < 1.29 is 9.53 Å². The van der Waals surface area contributed by atoms with Crippen LogP contribution in [0.1, 0.15) is 46.8 Å². The predicted octanol–water partition coefficient (Wildman–Crippen LogP) is 5.65. The molecule has 0 spiro atoms. The molecule has 5 nitrogen and oxygen atoms in total. The van der Waals surface area contributed by atoms with Crippen molar-refractivity contribution in [3.05, 3.63) is 58.7 Å². The molecule has 0 N–H and O–H groups in total. The molecule has 3 rings (SSSR count). The van der Waals surface area contributed by atoms with Gasteiger partial charge in [0.15, 0.2) is 16.8 Å². The Kier molecular flexibility index (Phi) is 7.32. The number of ether oxygens (including phenoxy) is 1. The maximum Gasteiger partial charge on any atom is 0.191 e. The number of aryl methyl sites for hydroxylation is 3. The van der Waals surface area contributed by atoms with Gasteiger partial charge in [0.1, 0.15) is 5.75 Å². The Bertz CT molecular complexity index is 1030. The van der Waals surface area contributed by atoms with Crippen LogP contribution in [0.5, 0.6) is 5.75 Å². The average molecular weight is 424 g/mol. The van der Waals surface area contributed by atoms with Crippen LogP contribution in [0, 0.1) is 20.8 Å². The first-order chi connectivity index (χ1) is 14.4. The van der Waals surface area contributed by atoms with Crippen molar-refractivity contribution in [2.24, 2.45) is 0 Å². The second kappa shape index (κ2) is 9.94. The summed E-state index contributed by atoms with van der Waals surface area (Å²) in [5.74, 6) is 2.10. The van der Waals surface area contributed by atoms with Crippen LogP contribution in [0.3, 0.4) is 0 Å². The number of unbranched alkanes of at least 4 members (excludes halogenated alkanes) is 1. The van der Waals surface area contributed by atoms with Gasteiger partial charge in [0, 0.05) is 17.7 Å². The van der Waals surface area contributed by atoms with Crippen molar-refractivity contribution in [2.45, 2.75) is 52.2 Å². The first-order valence-electron chi connectivity index (χ1n) is 10.3. The Labute approximate surface area is 182 Å². The molecule has 0 aliphatic heterocycles. The number of rotatable bonds is 9. The van der Waals surface area contributed by atoms with Crippen molar-refractivity contribution in [3.8, 4) is 17.1 Å². The number of methoxy groups -OCH3 is 1. The number of carbonyl (C=O) groups is 1. The van der Waals surface area contributed by atoms with Crippen LogP contribution >= 0.6 is 11.8 Å². The molecule has 0 radical (unpaired) electrons. The van der Waals surface area contributed by atoms with Crippen LogP contribution in [0.25, 0.3) is 11.4 Å². The molecule has 0 saturated carbocycles. The van der Waals surface area contributed by atoms with Crippen LogP contribution in [0.2, 0.25) is 0 Å². The third-order valence-electron chi connectivity index (χ3n) is 5.27. The Hall–Kier alpha value is -2.60. The van der Waals surface area contributed by atoms with E-state index in [9.17, 15) is 4.79 Å². The summed E-state index contributed by atoms with van der Waals surface area (Å²) in [7, 11) is 1.65. The summed E-state index contributed by atoms with van der Waals surface area (Å²) >= 11 is 1.46. The molecule has 0 fully saturated rings. The van der Waals surface area contributed by atoms with E-state index < -0.39 is 0 Å². The van der Waals surface area contributed by atoms with E-state index in [1.807, 2.05) is 44.2 Å². The Balaban J connectivity index is 1.82. The molecule has 6 heteroatoms. The van der Waals surface area contributed by atoms with Gasteiger partial charge >= 0.3 is 0 Å². The van der Waals surface area contributed by atoms with Crippen LogP contribution in [0.4, 0.5) is 0 Å². The van der Waals surface area contributed by atoms with E-state index in [1.54, 1.807) is 7.11 Å². The molecular formula is C24H29N3O2S. The fraction of sp³-hybridized carbons (Fsp3) is 0.375. The van der Waals surface area contributed by atoms with Crippen LogP contribution in [-0.4, -0.2) is 33.4 Å². The summed E-state index contributed by atoms with van der Waals surface area (Å²) in [6.45, 7) is 9.10. The second-order valence-electron chi connectivity index (χ2n) is 7.50. The fourth-order valence-corrected chi connectivity index (χ4v) is 4.18. The highest BCUT2D eigenvalue weighted by Gasteiger charge is 2.17. The topological polar surface area (TPSA) is 57.0 Å². The zero-order chi connectivity index (χ0) is 21.7. The van der Waals surface area contributed by atoms with Gasteiger partial charge in [-0.1, -0.05) is 31.2 Å². The molecule has 158 valence electrons. The molecule has 1 heterocycles. The molecule has 0 amide bonds. The summed E-state index contributed by atoms with van der Waals surface area (Å²) in [5.41, 5.74) is 5.15. The quantitative estimate of drug-likeness (QED) is 0.329.